The third-order valence-corrected chi connectivity index (χ3v) is 7.67. The van der Waals surface area contributed by atoms with E-state index in [1.54, 1.807) is 48.0 Å². The van der Waals surface area contributed by atoms with Gasteiger partial charge in [0.25, 0.3) is 15.9 Å². The topological polar surface area (TPSA) is 95.8 Å². The highest BCUT2D eigenvalue weighted by molar-refractivity contribution is 7.91. The van der Waals surface area contributed by atoms with E-state index in [1.165, 1.54) is 21.9 Å². The fourth-order valence-corrected chi connectivity index (χ4v) is 5.51. The van der Waals surface area contributed by atoms with Crippen LogP contribution in [0.25, 0.3) is 0 Å². The molecular weight excluding hydrogens is 400 g/mol. The summed E-state index contributed by atoms with van der Waals surface area (Å²) >= 11 is 1.23. The Hall–Kier alpha value is -2.69. The van der Waals surface area contributed by atoms with Gasteiger partial charge in [0.15, 0.2) is 5.76 Å². The molecule has 1 aliphatic heterocycles. The van der Waals surface area contributed by atoms with Crippen LogP contribution in [0.5, 0.6) is 0 Å². The Morgan fingerprint density at radius 2 is 1.93 bits per heavy atom. The summed E-state index contributed by atoms with van der Waals surface area (Å²) in [5, 5.41) is 4.48. The lowest BCUT2D eigenvalue weighted by atomic mass is 10.3. The van der Waals surface area contributed by atoms with Crippen LogP contribution in [0, 0.1) is 0 Å². The Morgan fingerprint density at radius 1 is 1.11 bits per heavy atom. The largest absolute Gasteiger partial charge is 0.459 e. The minimum Gasteiger partial charge on any atom is -0.459 e. The van der Waals surface area contributed by atoms with Gasteiger partial charge in [0.1, 0.15) is 10.0 Å². The van der Waals surface area contributed by atoms with Crippen molar-refractivity contribution in [2.45, 2.75) is 4.21 Å². The van der Waals surface area contributed by atoms with Crippen LogP contribution in [0.2, 0.25) is 0 Å². The van der Waals surface area contributed by atoms with E-state index < -0.39 is 10.0 Å². The fourth-order valence-electron chi connectivity index (χ4n) is 2.94. The molecule has 1 fully saturated rings. The minimum atomic E-state index is -3.42. The monoisotopic (exact) mass is 418 g/mol. The van der Waals surface area contributed by atoms with Crippen LogP contribution in [0.3, 0.4) is 0 Å². The molecule has 0 spiro atoms. The van der Waals surface area contributed by atoms with Gasteiger partial charge in [-0.1, -0.05) is 6.07 Å². The maximum Gasteiger partial charge on any atom is 0.291 e. The van der Waals surface area contributed by atoms with Crippen molar-refractivity contribution in [3.63, 3.8) is 0 Å². The van der Waals surface area contributed by atoms with Crippen molar-refractivity contribution in [3.05, 3.63) is 60.0 Å². The van der Waals surface area contributed by atoms with Gasteiger partial charge >= 0.3 is 0 Å². The first-order valence-corrected chi connectivity index (χ1v) is 11.0. The first-order valence-electron chi connectivity index (χ1n) is 8.63. The van der Waals surface area contributed by atoms with Crippen molar-refractivity contribution < 1.29 is 17.6 Å². The lowest BCUT2D eigenvalue weighted by Crippen LogP contribution is -2.48. The van der Waals surface area contributed by atoms with E-state index in [0.29, 0.717) is 36.1 Å². The van der Waals surface area contributed by atoms with Gasteiger partial charge in [0.05, 0.1) is 18.1 Å². The van der Waals surface area contributed by atoms with Crippen molar-refractivity contribution in [3.8, 4) is 0 Å². The zero-order valence-corrected chi connectivity index (χ0v) is 16.4. The summed E-state index contributed by atoms with van der Waals surface area (Å²) in [4.78, 5) is 18.4. The molecule has 0 atom stereocenters. The maximum absolute atomic E-state index is 12.6. The van der Waals surface area contributed by atoms with Crippen molar-refractivity contribution in [2.75, 3.05) is 36.4 Å². The van der Waals surface area contributed by atoms with Gasteiger partial charge < -0.3 is 14.6 Å². The predicted molar refractivity (Wildman–Crippen MR) is 106 cm³/mol. The molecular formula is C18H18N4O4S2. The van der Waals surface area contributed by atoms with Gasteiger partial charge in [-0.2, -0.15) is 4.31 Å². The second-order valence-corrected chi connectivity index (χ2v) is 9.27. The number of piperazine rings is 1. The third-order valence-electron chi connectivity index (χ3n) is 4.40. The number of amides is 1. The Labute approximate surface area is 166 Å². The third kappa shape index (κ3) is 3.79. The molecule has 0 aromatic carbocycles. The number of carbonyl (C=O) groups excluding carboxylic acids is 1. The zero-order chi connectivity index (χ0) is 19.6. The Bertz CT molecular complexity index is 1020. The summed E-state index contributed by atoms with van der Waals surface area (Å²) in [7, 11) is -3.42. The number of furan rings is 1. The van der Waals surface area contributed by atoms with Crippen LogP contribution < -0.4 is 10.2 Å². The Kier molecular flexibility index (Phi) is 5.16. The number of anilines is 2. The molecule has 0 radical (unpaired) electrons. The second-order valence-electron chi connectivity index (χ2n) is 6.16. The number of carbonyl (C=O) groups is 1. The molecule has 3 aromatic rings. The van der Waals surface area contributed by atoms with E-state index in [4.69, 9.17) is 4.42 Å². The summed E-state index contributed by atoms with van der Waals surface area (Å²) in [5.41, 5.74) is 0.559. The van der Waals surface area contributed by atoms with Gasteiger partial charge in [-0.05, 0) is 35.7 Å². The van der Waals surface area contributed by atoms with E-state index in [0.717, 1.165) is 5.82 Å². The molecule has 28 heavy (non-hydrogen) atoms. The van der Waals surface area contributed by atoms with E-state index in [9.17, 15) is 13.2 Å². The second kappa shape index (κ2) is 7.74. The van der Waals surface area contributed by atoms with E-state index >= 15 is 0 Å². The normalized spacial score (nSPS) is 15.5. The van der Waals surface area contributed by atoms with Crippen molar-refractivity contribution in [1.82, 2.24) is 9.29 Å². The summed E-state index contributed by atoms with van der Waals surface area (Å²) in [5.74, 6) is 0.628. The molecule has 0 saturated carbocycles. The zero-order valence-electron chi connectivity index (χ0n) is 14.8. The number of hydrogen-bond donors (Lipinski definition) is 1. The lowest BCUT2D eigenvalue weighted by Gasteiger charge is -2.34. The first kappa shape index (κ1) is 18.7. The van der Waals surface area contributed by atoms with Crippen LogP contribution in [0.15, 0.2) is 62.9 Å². The van der Waals surface area contributed by atoms with Crippen LogP contribution in [0.1, 0.15) is 10.6 Å². The predicted octanol–water partition coefficient (Wildman–Crippen LogP) is 2.50. The molecule has 4 rings (SSSR count). The van der Waals surface area contributed by atoms with Crippen molar-refractivity contribution >= 4 is 38.8 Å². The van der Waals surface area contributed by atoms with Crippen LogP contribution in [0.4, 0.5) is 11.5 Å². The molecule has 1 amide bonds. The Morgan fingerprint density at radius 3 is 2.54 bits per heavy atom. The average Bonchev–Trinajstić information content (AvgIpc) is 3.43. The highest BCUT2D eigenvalue weighted by Gasteiger charge is 2.29. The van der Waals surface area contributed by atoms with E-state index in [2.05, 4.69) is 10.3 Å². The first-order chi connectivity index (χ1) is 13.5. The molecule has 1 aliphatic rings. The fraction of sp³-hybridized carbons (Fsp3) is 0.222. The lowest BCUT2D eigenvalue weighted by molar-refractivity contribution is 0.0996. The SMILES string of the molecule is O=C(Nc1ccc(N2CCN(S(=O)(=O)c3cccs3)CC2)nc1)c1ccco1. The van der Waals surface area contributed by atoms with Gasteiger partial charge in [-0.25, -0.2) is 13.4 Å². The number of sulfonamides is 1. The quantitative estimate of drug-likeness (QED) is 0.684. The number of nitrogens with zero attached hydrogens (tertiary/aromatic N) is 3. The van der Waals surface area contributed by atoms with Crippen LogP contribution >= 0.6 is 11.3 Å². The molecule has 8 nitrogen and oxygen atoms in total. The molecule has 1 N–H and O–H groups in total. The van der Waals surface area contributed by atoms with Gasteiger partial charge in [0, 0.05) is 26.2 Å². The van der Waals surface area contributed by atoms with Crippen LogP contribution in [-0.4, -0.2) is 49.8 Å². The molecule has 0 bridgehead atoms. The van der Waals surface area contributed by atoms with Gasteiger partial charge in [-0.15, -0.1) is 11.3 Å². The summed E-state index contributed by atoms with van der Waals surface area (Å²) in [6, 6.07) is 10.2. The number of pyridine rings is 1. The number of hydrogen-bond acceptors (Lipinski definition) is 7. The van der Waals surface area contributed by atoms with E-state index in [1.807, 2.05) is 4.90 Å². The number of thiophene rings is 1. The smallest absolute Gasteiger partial charge is 0.291 e. The Balaban J connectivity index is 1.37. The number of aromatic nitrogens is 1. The van der Waals surface area contributed by atoms with Crippen LogP contribution in [-0.2, 0) is 10.0 Å². The molecule has 146 valence electrons. The van der Waals surface area contributed by atoms with Gasteiger partial charge in [0.2, 0.25) is 0 Å². The summed E-state index contributed by atoms with van der Waals surface area (Å²) < 4.78 is 32.1. The number of rotatable bonds is 5. The maximum atomic E-state index is 12.6. The molecule has 10 heteroatoms. The highest BCUT2D eigenvalue weighted by atomic mass is 32.2. The molecule has 0 unspecified atom stereocenters. The standard InChI is InChI=1S/C18H18N4O4S2/c23-18(15-3-1-11-26-15)20-14-5-6-16(19-13-14)21-7-9-22(10-8-21)28(24,25)17-4-2-12-27-17/h1-6,11-13H,7-10H2,(H,20,23). The molecule has 4 heterocycles. The average molecular weight is 419 g/mol. The van der Waals surface area contributed by atoms with Crippen molar-refractivity contribution in [1.29, 1.82) is 0 Å². The summed E-state index contributed by atoms with van der Waals surface area (Å²) in [6.45, 7) is 1.91. The molecule has 3 aromatic heterocycles. The van der Waals surface area contributed by atoms with Crippen molar-refractivity contribution in [2.24, 2.45) is 0 Å². The van der Waals surface area contributed by atoms with Gasteiger partial charge in [-0.3, -0.25) is 4.79 Å². The van der Waals surface area contributed by atoms with E-state index in [-0.39, 0.29) is 11.7 Å². The minimum absolute atomic E-state index is 0.229. The highest BCUT2D eigenvalue weighted by Crippen LogP contribution is 2.23. The molecule has 0 aliphatic carbocycles. The number of nitrogens with one attached hydrogen (secondary N) is 1. The summed E-state index contributed by atoms with van der Waals surface area (Å²) in [6.07, 6.45) is 3.01. The molecule has 1 saturated heterocycles.